The molecule has 2 saturated carbocycles. The van der Waals surface area contributed by atoms with Crippen LogP contribution in [-0.2, 0) is 10.9 Å². The monoisotopic (exact) mass is 650 g/mol. The summed E-state index contributed by atoms with van der Waals surface area (Å²) in [6.07, 6.45) is 3.60. The molecule has 2 N–H and O–H groups in total. The summed E-state index contributed by atoms with van der Waals surface area (Å²) < 4.78 is 61.2. The molecule has 2 aromatic carbocycles. The van der Waals surface area contributed by atoms with E-state index < -0.39 is 11.7 Å². The number of hydrazone groups is 1. The van der Waals surface area contributed by atoms with Crippen molar-refractivity contribution in [1.29, 1.82) is 0 Å². The summed E-state index contributed by atoms with van der Waals surface area (Å²) in [5.74, 6) is 2.05. The first-order valence-electron chi connectivity index (χ1n) is 16.6. The minimum atomic E-state index is -4.56. The number of nitrogens with one attached hydrogen (secondary N) is 2. The average Bonchev–Trinajstić information content (AvgIpc) is 3.74. The normalized spacial score (nSPS) is 17.7. The van der Waals surface area contributed by atoms with Crippen LogP contribution in [0.15, 0.2) is 75.4 Å². The van der Waals surface area contributed by atoms with Crippen molar-refractivity contribution in [2.45, 2.75) is 90.3 Å². The smallest absolute Gasteiger partial charge is 0.418 e. The second-order valence-electron chi connectivity index (χ2n) is 13.6. The molecule has 0 unspecified atom stereocenters. The zero-order valence-electron chi connectivity index (χ0n) is 28.0. The number of anilines is 2. The molecule has 6 rings (SSSR count). The van der Waals surface area contributed by atoms with E-state index >= 15 is 0 Å². The van der Waals surface area contributed by atoms with Crippen molar-refractivity contribution in [3.05, 3.63) is 81.4 Å². The summed E-state index contributed by atoms with van der Waals surface area (Å²) in [7, 11) is 3.17. The number of benzene rings is 2. The second-order valence-corrected chi connectivity index (χ2v) is 13.6. The largest absolute Gasteiger partial charge is 0.497 e. The first-order chi connectivity index (χ1) is 22.4. The van der Waals surface area contributed by atoms with Gasteiger partial charge >= 0.3 is 6.18 Å². The number of ether oxygens (including phenoxy) is 3. The molecule has 1 heterocycles. The van der Waals surface area contributed by atoms with Crippen LogP contribution in [0.1, 0.15) is 89.7 Å². The van der Waals surface area contributed by atoms with Gasteiger partial charge in [0.25, 0.3) is 0 Å². The molecule has 0 aromatic heterocycles. The molecule has 0 saturated heterocycles. The van der Waals surface area contributed by atoms with Gasteiger partial charge in [-0.2, -0.15) is 18.3 Å². The Bertz CT molecular complexity index is 1610. The van der Waals surface area contributed by atoms with E-state index in [0.717, 1.165) is 86.1 Å². The second kappa shape index (κ2) is 13.2. The van der Waals surface area contributed by atoms with E-state index in [-0.39, 0.29) is 11.3 Å². The minimum absolute atomic E-state index is 0.0279. The number of halogens is 3. The molecule has 10 heteroatoms. The van der Waals surface area contributed by atoms with E-state index in [1.165, 1.54) is 23.3 Å². The summed E-state index contributed by atoms with van der Waals surface area (Å²) in [6.45, 7) is 7.35. The summed E-state index contributed by atoms with van der Waals surface area (Å²) in [4.78, 5) is 0. The van der Waals surface area contributed by atoms with Gasteiger partial charge in [0.2, 0.25) is 0 Å². The molecular weight excluding hydrogens is 605 g/mol. The Kier molecular flexibility index (Phi) is 9.23. The van der Waals surface area contributed by atoms with Crippen LogP contribution in [0.25, 0.3) is 0 Å². The predicted molar refractivity (Wildman–Crippen MR) is 180 cm³/mol. The first kappa shape index (κ1) is 32.8. The molecule has 7 nitrogen and oxygen atoms in total. The van der Waals surface area contributed by atoms with Crippen LogP contribution < -0.4 is 25.1 Å². The summed E-state index contributed by atoms with van der Waals surface area (Å²) >= 11 is 0. The third-order valence-corrected chi connectivity index (χ3v) is 8.85. The number of rotatable bonds is 11. The minimum Gasteiger partial charge on any atom is -0.497 e. The lowest BCUT2D eigenvalue weighted by Crippen LogP contribution is -2.30. The topological polar surface area (TPSA) is 67.4 Å². The molecule has 0 radical (unpaired) electrons. The van der Waals surface area contributed by atoms with Crippen molar-refractivity contribution in [1.82, 2.24) is 5.32 Å². The van der Waals surface area contributed by atoms with Gasteiger partial charge in [0.05, 0.1) is 36.9 Å². The Morgan fingerprint density at radius 3 is 2.13 bits per heavy atom. The van der Waals surface area contributed by atoms with Crippen LogP contribution in [0.2, 0.25) is 0 Å². The maximum atomic E-state index is 14.7. The van der Waals surface area contributed by atoms with Gasteiger partial charge in [-0.3, -0.25) is 0 Å². The standard InChI is InChI=1S/C37H45F3N4O3/c1-36(2,3)47-35(24-13-14-24)42-18-8-17-41-26-15-16-31(37(38,39)40)32(21-26)44-34(23-9-6-10-23)30-12-7-11-29(30)33(43-44)25-19-27(45-4)22-28(20-25)46-5/h15-16,19-22,41-42H,6-14,17-18H2,1-5H3. The molecule has 0 spiro atoms. The van der Waals surface area contributed by atoms with Gasteiger partial charge in [-0.15, -0.1) is 0 Å². The Balaban J connectivity index is 1.32. The Hall–Kier alpha value is -4.08. The van der Waals surface area contributed by atoms with Gasteiger partial charge in [0.15, 0.2) is 5.88 Å². The number of hydrogen-bond acceptors (Lipinski definition) is 7. The lowest BCUT2D eigenvalue weighted by atomic mass is 9.85. The SMILES string of the molecule is COc1cc(OC)cc(C2=NN(c3cc(NCCCNC(OC(C)(C)C)=C4CC4)ccc3C(F)(F)F)C(=C3CCC3)C3=C2CCC3)c1. The van der Waals surface area contributed by atoms with E-state index in [2.05, 4.69) is 10.6 Å². The lowest BCUT2D eigenvalue weighted by Gasteiger charge is -2.36. The van der Waals surface area contributed by atoms with Crippen LogP contribution in [-0.4, -0.2) is 38.6 Å². The molecule has 0 amide bonds. The fraction of sp³-hybridized carbons (Fsp3) is 0.486. The van der Waals surface area contributed by atoms with Crippen molar-refractivity contribution in [2.75, 3.05) is 37.6 Å². The molecule has 0 bridgehead atoms. The highest BCUT2D eigenvalue weighted by Gasteiger charge is 2.40. The predicted octanol–water partition coefficient (Wildman–Crippen LogP) is 9.08. The van der Waals surface area contributed by atoms with E-state index in [4.69, 9.17) is 19.3 Å². The summed E-state index contributed by atoms with van der Waals surface area (Å²) in [6, 6.07) is 9.81. The van der Waals surface area contributed by atoms with E-state index in [9.17, 15) is 13.2 Å². The van der Waals surface area contributed by atoms with Gasteiger partial charge in [0.1, 0.15) is 17.1 Å². The molecule has 4 aliphatic rings. The van der Waals surface area contributed by atoms with E-state index in [1.807, 2.05) is 32.9 Å². The maximum absolute atomic E-state index is 14.7. The zero-order chi connectivity index (χ0) is 33.3. The van der Waals surface area contributed by atoms with Crippen molar-refractivity contribution in [3.8, 4) is 11.5 Å². The fourth-order valence-electron chi connectivity index (χ4n) is 6.32. The van der Waals surface area contributed by atoms with Crippen LogP contribution in [0, 0.1) is 0 Å². The van der Waals surface area contributed by atoms with E-state index in [0.29, 0.717) is 36.0 Å². The highest BCUT2D eigenvalue weighted by atomic mass is 19.4. The number of nitrogens with zero attached hydrogens (tertiary/aromatic N) is 2. The van der Waals surface area contributed by atoms with Gasteiger partial charge in [-0.25, -0.2) is 5.01 Å². The van der Waals surface area contributed by atoms with Crippen LogP contribution >= 0.6 is 0 Å². The van der Waals surface area contributed by atoms with Gasteiger partial charge in [0, 0.05) is 30.4 Å². The average molecular weight is 651 g/mol. The third kappa shape index (κ3) is 7.41. The van der Waals surface area contributed by atoms with Crippen molar-refractivity contribution < 1.29 is 27.4 Å². The summed E-state index contributed by atoms with van der Waals surface area (Å²) in [5.41, 5.74) is 6.56. The number of allylic oxidation sites excluding steroid dienone is 4. The maximum Gasteiger partial charge on any atom is 0.418 e. The van der Waals surface area contributed by atoms with Crippen LogP contribution in [0.5, 0.6) is 11.5 Å². The Labute approximate surface area is 275 Å². The number of alkyl halides is 3. The zero-order valence-corrected chi connectivity index (χ0v) is 28.0. The molecule has 2 aromatic rings. The first-order valence-corrected chi connectivity index (χ1v) is 16.6. The Morgan fingerprint density at radius 2 is 1.53 bits per heavy atom. The van der Waals surface area contributed by atoms with Gasteiger partial charge in [-0.05, 0) is 131 Å². The molecule has 3 aliphatic carbocycles. The molecule has 252 valence electrons. The lowest BCUT2D eigenvalue weighted by molar-refractivity contribution is -0.137. The molecule has 0 atom stereocenters. The van der Waals surface area contributed by atoms with Crippen LogP contribution in [0.3, 0.4) is 0 Å². The highest BCUT2D eigenvalue weighted by Crippen LogP contribution is 2.48. The molecule has 47 heavy (non-hydrogen) atoms. The number of hydrogen-bond donors (Lipinski definition) is 2. The quantitative estimate of drug-likeness (QED) is 0.187. The Morgan fingerprint density at radius 1 is 0.851 bits per heavy atom. The van der Waals surface area contributed by atoms with Gasteiger partial charge < -0.3 is 24.8 Å². The van der Waals surface area contributed by atoms with Crippen LogP contribution in [0.4, 0.5) is 24.5 Å². The fourth-order valence-corrected chi connectivity index (χ4v) is 6.32. The molecular formula is C37H45F3N4O3. The van der Waals surface area contributed by atoms with Gasteiger partial charge in [-0.1, -0.05) is 0 Å². The van der Waals surface area contributed by atoms with Crippen molar-refractivity contribution >= 4 is 17.1 Å². The van der Waals surface area contributed by atoms with E-state index in [1.54, 1.807) is 31.4 Å². The summed E-state index contributed by atoms with van der Waals surface area (Å²) in [5, 5.41) is 13.4. The van der Waals surface area contributed by atoms with Crippen molar-refractivity contribution in [3.63, 3.8) is 0 Å². The molecule has 1 aliphatic heterocycles. The van der Waals surface area contributed by atoms with Crippen molar-refractivity contribution in [2.24, 2.45) is 5.10 Å². The molecule has 2 fully saturated rings. The number of methoxy groups -OCH3 is 2. The highest BCUT2D eigenvalue weighted by molar-refractivity contribution is 6.15. The third-order valence-electron chi connectivity index (χ3n) is 8.85.